The van der Waals surface area contributed by atoms with Crippen LogP contribution < -0.4 is 16.4 Å². The lowest BCUT2D eigenvalue weighted by Crippen LogP contribution is -2.21. The summed E-state index contributed by atoms with van der Waals surface area (Å²) in [5.41, 5.74) is 9.73. The number of rotatable bonds is 10. The van der Waals surface area contributed by atoms with Crippen LogP contribution in [0.25, 0.3) is 0 Å². The number of carbonyl (C=O) groups is 1. The fourth-order valence-electron chi connectivity index (χ4n) is 3.19. The second-order valence-corrected chi connectivity index (χ2v) is 7.62. The average molecular weight is 435 g/mol. The zero-order chi connectivity index (χ0) is 23.2. The Balaban J connectivity index is 0.000000520. The summed E-state index contributed by atoms with van der Waals surface area (Å²) < 4.78 is 0. The summed E-state index contributed by atoms with van der Waals surface area (Å²) in [7, 11) is 0. The van der Waals surface area contributed by atoms with E-state index in [1.807, 2.05) is 67.6 Å². The van der Waals surface area contributed by atoms with Crippen LogP contribution in [0.5, 0.6) is 0 Å². The van der Waals surface area contributed by atoms with Crippen LogP contribution in [0.15, 0.2) is 72.9 Å². The molecule has 1 unspecified atom stereocenters. The van der Waals surface area contributed by atoms with Crippen LogP contribution in [0, 0.1) is 6.92 Å². The Morgan fingerprint density at radius 1 is 1.03 bits per heavy atom. The van der Waals surface area contributed by atoms with E-state index in [0.717, 1.165) is 54.9 Å². The van der Waals surface area contributed by atoms with Crippen molar-refractivity contribution in [3.63, 3.8) is 0 Å². The molecule has 0 radical (unpaired) electrons. The molecule has 1 heterocycles. The summed E-state index contributed by atoms with van der Waals surface area (Å²) in [5.74, 6) is -0.745. The molecule has 0 saturated carbocycles. The minimum absolute atomic E-state index is 0.478. The Morgan fingerprint density at radius 3 is 2.34 bits per heavy atom. The number of carboxylic acids is 1. The summed E-state index contributed by atoms with van der Waals surface area (Å²) >= 11 is 0. The van der Waals surface area contributed by atoms with Crippen LogP contribution >= 0.6 is 0 Å². The second kappa shape index (κ2) is 13.8. The summed E-state index contributed by atoms with van der Waals surface area (Å²) in [5, 5.41) is 15.9. The molecule has 3 aromatic rings. The third-order valence-electron chi connectivity index (χ3n) is 5.12. The Kier molecular flexibility index (Phi) is 10.8. The van der Waals surface area contributed by atoms with E-state index in [4.69, 9.17) is 5.73 Å². The fraction of sp³-hybridized carbons (Fsp3) is 0.308. The SMILES string of the molecule is Cc1ccc(CCNCCCNc2cccnc2N)cc1C(C)C(=O)O.c1ccccc1. The largest absolute Gasteiger partial charge is 0.481 e. The molecule has 1 atom stereocenters. The molecule has 0 amide bonds. The first-order chi connectivity index (χ1) is 15.5. The van der Waals surface area contributed by atoms with Crippen molar-refractivity contribution in [2.45, 2.75) is 32.6 Å². The number of hydrogen-bond acceptors (Lipinski definition) is 5. The van der Waals surface area contributed by atoms with Gasteiger partial charge in [-0.3, -0.25) is 4.79 Å². The maximum absolute atomic E-state index is 11.2. The van der Waals surface area contributed by atoms with Crippen molar-refractivity contribution in [2.24, 2.45) is 0 Å². The van der Waals surface area contributed by atoms with Gasteiger partial charge in [0.1, 0.15) is 5.82 Å². The van der Waals surface area contributed by atoms with Crippen molar-refractivity contribution in [3.8, 4) is 0 Å². The van der Waals surface area contributed by atoms with Gasteiger partial charge in [-0.15, -0.1) is 0 Å². The van der Waals surface area contributed by atoms with Crippen LogP contribution in [0.2, 0.25) is 0 Å². The molecular formula is C26H34N4O2. The molecular weight excluding hydrogens is 400 g/mol. The van der Waals surface area contributed by atoms with Gasteiger partial charge in [0.2, 0.25) is 0 Å². The monoisotopic (exact) mass is 434 g/mol. The third kappa shape index (κ3) is 8.78. The van der Waals surface area contributed by atoms with E-state index in [9.17, 15) is 9.90 Å². The highest BCUT2D eigenvalue weighted by molar-refractivity contribution is 5.76. The number of anilines is 2. The average Bonchev–Trinajstić information content (AvgIpc) is 2.81. The van der Waals surface area contributed by atoms with Crippen molar-refractivity contribution in [2.75, 3.05) is 30.7 Å². The van der Waals surface area contributed by atoms with Crippen molar-refractivity contribution in [1.82, 2.24) is 10.3 Å². The van der Waals surface area contributed by atoms with E-state index in [1.165, 1.54) is 0 Å². The number of aromatic nitrogens is 1. The molecule has 1 aromatic heterocycles. The quantitative estimate of drug-likeness (QED) is 0.351. The third-order valence-corrected chi connectivity index (χ3v) is 5.12. The number of nitrogen functional groups attached to an aromatic ring is 1. The Labute approximate surface area is 190 Å². The lowest BCUT2D eigenvalue weighted by Gasteiger charge is -2.13. The lowest BCUT2D eigenvalue weighted by atomic mass is 9.94. The van der Waals surface area contributed by atoms with Gasteiger partial charge in [-0.25, -0.2) is 4.98 Å². The first-order valence-electron chi connectivity index (χ1n) is 11.0. The van der Waals surface area contributed by atoms with Gasteiger partial charge in [-0.05, 0) is 68.6 Å². The number of nitrogens with zero attached hydrogens (tertiary/aromatic N) is 1. The van der Waals surface area contributed by atoms with Crippen LogP contribution in [-0.2, 0) is 11.2 Å². The van der Waals surface area contributed by atoms with Gasteiger partial charge in [-0.2, -0.15) is 0 Å². The molecule has 0 bridgehead atoms. The van der Waals surface area contributed by atoms with Crippen molar-refractivity contribution in [3.05, 3.63) is 89.6 Å². The van der Waals surface area contributed by atoms with Gasteiger partial charge in [0.25, 0.3) is 0 Å². The molecule has 5 N–H and O–H groups in total. The van der Waals surface area contributed by atoms with Gasteiger partial charge in [0.15, 0.2) is 0 Å². The van der Waals surface area contributed by atoms with E-state index < -0.39 is 11.9 Å². The minimum atomic E-state index is -0.787. The van der Waals surface area contributed by atoms with E-state index in [0.29, 0.717) is 5.82 Å². The van der Waals surface area contributed by atoms with Crippen molar-refractivity contribution < 1.29 is 9.90 Å². The van der Waals surface area contributed by atoms with Gasteiger partial charge in [0.05, 0.1) is 11.6 Å². The van der Waals surface area contributed by atoms with Crippen LogP contribution in [0.3, 0.4) is 0 Å². The molecule has 3 rings (SSSR count). The molecule has 0 aliphatic carbocycles. The van der Waals surface area contributed by atoms with Gasteiger partial charge in [0, 0.05) is 12.7 Å². The Hall–Kier alpha value is -3.38. The standard InChI is InChI=1S/C20H28N4O2.C6H6/c1-14-6-7-16(13-17(14)15(2)20(25)26)8-12-22-9-4-11-23-18-5-3-10-24-19(18)21;1-2-4-6-5-3-1/h3,5-7,10,13,15,22-23H,4,8-9,11-12H2,1-2H3,(H2,21,24)(H,25,26);1-6H. The van der Waals surface area contributed by atoms with E-state index in [1.54, 1.807) is 13.1 Å². The fourth-order valence-corrected chi connectivity index (χ4v) is 3.19. The lowest BCUT2D eigenvalue weighted by molar-refractivity contribution is -0.138. The summed E-state index contributed by atoms with van der Waals surface area (Å²) in [6, 6.07) is 21.9. The molecule has 0 aliphatic heterocycles. The van der Waals surface area contributed by atoms with Gasteiger partial charge < -0.3 is 21.5 Å². The highest BCUT2D eigenvalue weighted by Crippen LogP contribution is 2.21. The number of benzene rings is 2. The van der Waals surface area contributed by atoms with E-state index in [-0.39, 0.29) is 0 Å². The molecule has 0 fully saturated rings. The topological polar surface area (TPSA) is 100 Å². The predicted molar refractivity (Wildman–Crippen MR) is 132 cm³/mol. The summed E-state index contributed by atoms with van der Waals surface area (Å²) in [6.07, 6.45) is 3.53. The number of aliphatic carboxylic acids is 1. The highest BCUT2D eigenvalue weighted by atomic mass is 16.4. The molecule has 6 heteroatoms. The first-order valence-corrected chi connectivity index (χ1v) is 11.0. The Bertz CT molecular complexity index is 921. The molecule has 2 aromatic carbocycles. The molecule has 170 valence electrons. The maximum Gasteiger partial charge on any atom is 0.310 e. The summed E-state index contributed by atoms with van der Waals surface area (Å²) in [4.78, 5) is 15.3. The normalized spacial score (nSPS) is 11.2. The number of aryl methyl sites for hydroxylation is 1. The molecule has 0 aliphatic rings. The highest BCUT2D eigenvalue weighted by Gasteiger charge is 2.16. The predicted octanol–water partition coefficient (Wildman–Crippen LogP) is 4.48. The minimum Gasteiger partial charge on any atom is -0.481 e. The summed E-state index contributed by atoms with van der Waals surface area (Å²) in [6.45, 7) is 6.28. The van der Waals surface area contributed by atoms with E-state index >= 15 is 0 Å². The zero-order valence-corrected chi connectivity index (χ0v) is 18.9. The van der Waals surface area contributed by atoms with Crippen LogP contribution in [0.1, 0.15) is 36.0 Å². The second-order valence-electron chi connectivity index (χ2n) is 7.62. The maximum atomic E-state index is 11.2. The van der Waals surface area contributed by atoms with E-state index in [2.05, 4.69) is 21.7 Å². The Morgan fingerprint density at radius 2 is 1.72 bits per heavy atom. The van der Waals surface area contributed by atoms with Crippen LogP contribution in [0.4, 0.5) is 11.5 Å². The molecule has 0 saturated heterocycles. The molecule has 0 spiro atoms. The number of nitrogens with two attached hydrogens (primary N) is 1. The van der Waals surface area contributed by atoms with Gasteiger partial charge >= 0.3 is 5.97 Å². The molecule has 32 heavy (non-hydrogen) atoms. The van der Waals surface area contributed by atoms with Crippen molar-refractivity contribution >= 4 is 17.5 Å². The first kappa shape index (κ1) is 24.9. The van der Waals surface area contributed by atoms with Crippen LogP contribution in [-0.4, -0.2) is 35.7 Å². The van der Waals surface area contributed by atoms with Gasteiger partial charge in [-0.1, -0.05) is 54.6 Å². The molecule has 6 nitrogen and oxygen atoms in total. The number of carboxylic acid groups (broad SMARTS) is 1. The smallest absolute Gasteiger partial charge is 0.310 e. The number of nitrogens with one attached hydrogen (secondary N) is 2. The van der Waals surface area contributed by atoms with Crippen molar-refractivity contribution in [1.29, 1.82) is 0 Å². The number of hydrogen-bond donors (Lipinski definition) is 4. The number of pyridine rings is 1. The zero-order valence-electron chi connectivity index (χ0n) is 18.9.